The molecule has 5 rings (SSSR count). The first-order valence-electron chi connectivity index (χ1n) is 13.3. The number of para-hydroxylation sites is 1. The number of nitrogens with one attached hydrogen (secondary N) is 1. The number of benzene rings is 3. The SMILES string of the molecule is CCOC(=O)N1CCC(NC(=O)c2ccc(C=C3Sc4ccccc4N(Cc4cccc(Cl)c4)C3=O)cc2)CC1. The number of thioether (sulfide) groups is 1. The lowest BCUT2D eigenvalue weighted by atomic mass is 10.0. The molecule has 1 N–H and O–H groups in total. The van der Waals surface area contributed by atoms with Gasteiger partial charge in [-0.25, -0.2) is 4.79 Å². The van der Waals surface area contributed by atoms with Gasteiger partial charge >= 0.3 is 6.09 Å². The van der Waals surface area contributed by atoms with Gasteiger partial charge in [0.25, 0.3) is 11.8 Å². The molecule has 0 saturated carbocycles. The number of nitrogens with zero attached hydrogens (tertiary/aromatic N) is 2. The average molecular weight is 576 g/mol. The van der Waals surface area contributed by atoms with Crippen molar-refractivity contribution < 1.29 is 19.1 Å². The fourth-order valence-corrected chi connectivity index (χ4v) is 6.08. The molecule has 2 heterocycles. The van der Waals surface area contributed by atoms with Gasteiger partial charge in [-0.2, -0.15) is 0 Å². The quantitative estimate of drug-likeness (QED) is 0.346. The third-order valence-electron chi connectivity index (χ3n) is 6.89. The third kappa shape index (κ3) is 6.51. The van der Waals surface area contributed by atoms with Crippen molar-refractivity contribution in [1.29, 1.82) is 0 Å². The van der Waals surface area contributed by atoms with Crippen molar-refractivity contribution in [2.75, 3.05) is 24.6 Å². The van der Waals surface area contributed by atoms with E-state index in [-0.39, 0.29) is 23.9 Å². The molecule has 0 bridgehead atoms. The van der Waals surface area contributed by atoms with Crippen LogP contribution in [0.4, 0.5) is 10.5 Å². The average Bonchev–Trinajstić information content (AvgIpc) is 2.96. The summed E-state index contributed by atoms with van der Waals surface area (Å²) < 4.78 is 5.06. The summed E-state index contributed by atoms with van der Waals surface area (Å²) in [4.78, 5) is 43.4. The molecular formula is C31H30ClN3O4S. The number of hydrogen-bond donors (Lipinski definition) is 1. The number of amides is 3. The Balaban J connectivity index is 1.26. The van der Waals surface area contributed by atoms with Gasteiger partial charge in [0, 0.05) is 34.6 Å². The Morgan fingerprint density at radius 3 is 2.52 bits per heavy atom. The van der Waals surface area contributed by atoms with Crippen LogP contribution in [0.1, 0.15) is 41.3 Å². The Hall–Kier alpha value is -3.75. The van der Waals surface area contributed by atoms with Gasteiger partial charge in [-0.3, -0.25) is 9.59 Å². The minimum Gasteiger partial charge on any atom is -0.450 e. The molecule has 0 radical (unpaired) electrons. The highest BCUT2D eigenvalue weighted by molar-refractivity contribution is 8.04. The maximum Gasteiger partial charge on any atom is 0.409 e. The summed E-state index contributed by atoms with van der Waals surface area (Å²) in [6, 6.07) is 22.6. The summed E-state index contributed by atoms with van der Waals surface area (Å²) >= 11 is 7.63. The third-order valence-corrected chi connectivity index (χ3v) is 8.20. The van der Waals surface area contributed by atoms with E-state index in [0.717, 1.165) is 21.7 Å². The Morgan fingerprint density at radius 2 is 1.80 bits per heavy atom. The number of likely N-dealkylation sites (tertiary alicyclic amines) is 1. The highest BCUT2D eigenvalue weighted by Gasteiger charge is 2.29. The van der Waals surface area contributed by atoms with Crippen LogP contribution in [0.15, 0.2) is 82.6 Å². The molecule has 0 aliphatic carbocycles. The number of rotatable bonds is 6. The lowest BCUT2D eigenvalue weighted by molar-refractivity contribution is -0.114. The summed E-state index contributed by atoms with van der Waals surface area (Å²) in [6.07, 6.45) is 2.92. The molecule has 1 fully saturated rings. The summed E-state index contributed by atoms with van der Waals surface area (Å²) in [5.74, 6) is -0.238. The Kier molecular flexibility index (Phi) is 8.77. The summed E-state index contributed by atoms with van der Waals surface area (Å²) in [6.45, 7) is 3.66. The molecule has 3 aromatic carbocycles. The van der Waals surface area contributed by atoms with Crippen LogP contribution in [-0.2, 0) is 16.1 Å². The lowest BCUT2D eigenvalue weighted by Crippen LogP contribution is -2.46. The monoisotopic (exact) mass is 575 g/mol. The van der Waals surface area contributed by atoms with Crippen molar-refractivity contribution in [1.82, 2.24) is 10.2 Å². The number of fused-ring (bicyclic) bond motifs is 1. The van der Waals surface area contributed by atoms with Crippen LogP contribution in [0, 0.1) is 0 Å². The molecule has 3 aromatic rings. The lowest BCUT2D eigenvalue weighted by Gasteiger charge is -2.31. The molecule has 40 heavy (non-hydrogen) atoms. The molecule has 0 unspecified atom stereocenters. The second-order valence-electron chi connectivity index (χ2n) is 9.66. The summed E-state index contributed by atoms with van der Waals surface area (Å²) in [7, 11) is 0. The maximum atomic E-state index is 13.6. The van der Waals surface area contributed by atoms with Gasteiger partial charge in [0.2, 0.25) is 0 Å². The number of halogens is 1. The number of carbonyl (C=O) groups is 3. The topological polar surface area (TPSA) is 79.0 Å². The van der Waals surface area contributed by atoms with Gasteiger partial charge < -0.3 is 19.9 Å². The number of ether oxygens (including phenoxy) is 1. The molecule has 2 aliphatic rings. The highest BCUT2D eigenvalue weighted by Crippen LogP contribution is 2.42. The highest BCUT2D eigenvalue weighted by atomic mass is 35.5. The van der Waals surface area contributed by atoms with Crippen molar-refractivity contribution in [3.8, 4) is 0 Å². The van der Waals surface area contributed by atoms with Crippen LogP contribution < -0.4 is 10.2 Å². The summed E-state index contributed by atoms with van der Waals surface area (Å²) in [5.41, 5.74) is 3.20. The Bertz CT molecular complexity index is 1430. The van der Waals surface area contributed by atoms with Gasteiger partial charge in [-0.1, -0.05) is 59.8 Å². The maximum absolute atomic E-state index is 13.6. The van der Waals surface area contributed by atoms with Gasteiger partial charge in [0.05, 0.1) is 23.7 Å². The van der Waals surface area contributed by atoms with E-state index in [2.05, 4.69) is 5.32 Å². The van der Waals surface area contributed by atoms with E-state index in [1.165, 1.54) is 11.8 Å². The Morgan fingerprint density at radius 1 is 1.05 bits per heavy atom. The molecule has 7 nitrogen and oxygen atoms in total. The number of piperidine rings is 1. The van der Waals surface area contributed by atoms with Gasteiger partial charge in [0.15, 0.2) is 0 Å². The van der Waals surface area contributed by atoms with Gasteiger partial charge in [-0.05, 0) is 73.4 Å². The van der Waals surface area contributed by atoms with E-state index in [1.54, 1.807) is 28.9 Å². The van der Waals surface area contributed by atoms with Crippen molar-refractivity contribution in [3.63, 3.8) is 0 Å². The van der Waals surface area contributed by atoms with E-state index in [4.69, 9.17) is 16.3 Å². The first-order valence-corrected chi connectivity index (χ1v) is 14.5. The molecule has 3 amide bonds. The molecule has 1 saturated heterocycles. The fraction of sp³-hybridized carbons (Fsp3) is 0.258. The molecule has 206 valence electrons. The largest absolute Gasteiger partial charge is 0.450 e. The molecule has 0 atom stereocenters. The fourth-order valence-electron chi connectivity index (χ4n) is 4.81. The zero-order valence-corrected chi connectivity index (χ0v) is 23.7. The number of hydrogen-bond acceptors (Lipinski definition) is 5. The minimum absolute atomic E-state index is 0.00165. The van der Waals surface area contributed by atoms with E-state index in [1.807, 2.05) is 66.7 Å². The first-order chi connectivity index (χ1) is 19.4. The van der Waals surface area contributed by atoms with Crippen molar-refractivity contribution in [2.24, 2.45) is 0 Å². The first kappa shape index (κ1) is 27.8. The van der Waals surface area contributed by atoms with Crippen LogP contribution in [0.25, 0.3) is 6.08 Å². The zero-order valence-electron chi connectivity index (χ0n) is 22.1. The second kappa shape index (κ2) is 12.6. The van der Waals surface area contributed by atoms with Crippen LogP contribution in [0.2, 0.25) is 5.02 Å². The number of carbonyl (C=O) groups excluding carboxylic acids is 3. The standard InChI is InChI=1S/C31H30ClN3O4S/c1-2-39-31(38)34-16-14-25(15-17-34)33-29(36)23-12-10-21(11-13-23)19-28-30(37)35(20-22-6-5-7-24(32)18-22)26-8-3-4-9-27(26)40-28/h3-13,18-19,25H,2,14-17,20H2,1H3,(H,33,36). The smallest absolute Gasteiger partial charge is 0.409 e. The van der Waals surface area contributed by atoms with E-state index in [0.29, 0.717) is 54.6 Å². The molecule has 0 spiro atoms. The number of anilines is 1. The normalized spacial score (nSPS) is 16.6. The van der Waals surface area contributed by atoms with Crippen LogP contribution >= 0.6 is 23.4 Å². The molecule has 0 aromatic heterocycles. The molecular weight excluding hydrogens is 546 g/mol. The van der Waals surface area contributed by atoms with Crippen LogP contribution in [-0.4, -0.2) is 48.5 Å². The van der Waals surface area contributed by atoms with Crippen molar-refractivity contribution in [3.05, 3.63) is 99.4 Å². The minimum atomic E-state index is -0.303. The zero-order chi connectivity index (χ0) is 28.1. The van der Waals surface area contributed by atoms with E-state index >= 15 is 0 Å². The van der Waals surface area contributed by atoms with Crippen LogP contribution in [0.5, 0.6) is 0 Å². The van der Waals surface area contributed by atoms with Crippen molar-refractivity contribution in [2.45, 2.75) is 37.2 Å². The predicted molar refractivity (Wildman–Crippen MR) is 158 cm³/mol. The van der Waals surface area contributed by atoms with E-state index < -0.39 is 0 Å². The summed E-state index contributed by atoms with van der Waals surface area (Å²) in [5, 5.41) is 3.70. The predicted octanol–water partition coefficient (Wildman–Crippen LogP) is 6.37. The van der Waals surface area contributed by atoms with Crippen LogP contribution in [0.3, 0.4) is 0 Å². The van der Waals surface area contributed by atoms with E-state index in [9.17, 15) is 14.4 Å². The molecule has 2 aliphatic heterocycles. The Labute approximate surface area is 243 Å². The second-order valence-corrected chi connectivity index (χ2v) is 11.2. The molecule has 9 heteroatoms. The van der Waals surface area contributed by atoms with Gasteiger partial charge in [-0.15, -0.1) is 0 Å². The van der Waals surface area contributed by atoms with Gasteiger partial charge in [0.1, 0.15) is 0 Å². The van der Waals surface area contributed by atoms with Crippen molar-refractivity contribution >= 4 is 53.0 Å².